The van der Waals surface area contributed by atoms with Crippen molar-refractivity contribution in [2.45, 2.75) is 63.5 Å². The Morgan fingerprint density at radius 1 is 0.620 bits per heavy atom. The van der Waals surface area contributed by atoms with Gasteiger partial charge in [0.2, 0.25) is 0 Å². The number of furan rings is 1. The van der Waals surface area contributed by atoms with Crippen LogP contribution >= 0.6 is 0 Å². The summed E-state index contributed by atoms with van der Waals surface area (Å²) in [6.45, 7) is 4.82. The van der Waals surface area contributed by atoms with Crippen LogP contribution in [0, 0.1) is 17.8 Å². The monoisotopic (exact) mass is 649 g/mol. The maximum atomic E-state index is 7.06. The zero-order valence-corrected chi connectivity index (χ0v) is 28.8. The van der Waals surface area contributed by atoms with Gasteiger partial charge in [0.25, 0.3) is 6.71 Å². The first-order valence-corrected chi connectivity index (χ1v) is 18.8. The minimum absolute atomic E-state index is 0.00880. The van der Waals surface area contributed by atoms with Gasteiger partial charge in [-0.25, -0.2) is 0 Å². The Labute approximate surface area is 294 Å². The molecule has 0 saturated heterocycles. The normalized spacial score (nSPS) is 26.0. The third-order valence-corrected chi connectivity index (χ3v) is 13.6. The predicted molar refractivity (Wildman–Crippen MR) is 207 cm³/mol. The van der Waals surface area contributed by atoms with Crippen LogP contribution in [-0.2, 0) is 5.41 Å². The summed E-state index contributed by atoms with van der Waals surface area (Å²) in [4.78, 5) is 7.84. The largest absolute Gasteiger partial charge is 0.468 e. The van der Waals surface area contributed by atoms with E-state index in [2.05, 4.69) is 144 Å². The van der Waals surface area contributed by atoms with E-state index in [4.69, 9.17) is 4.42 Å². The summed E-state index contributed by atoms with van der Waals surface area (Å²) in [6.07, 6.45) is 8.36. The maximum Gasteiger partial charge on any atom is 0.297 e. The summed E-state index contributed by atoms with van der Waals surface area (Å²) in [5.41, 5.74) is 15.1. The number of para-hydroxylation sites is 4. The zero-order valence-electron chi connectivity index (χ0n) is 28.8. The fourth-order valence-corrected chi connectivity index (χ4v) is 12.3. The summed E-state index contributed by atoms with van der Waals surface area (Å²) in [7, 11) is 0. The number of fused-ring (bicyclic) bond motifs is 6. The van der Waals surface area contributed by atoms with E-state index >= 15 is 0 Å². The Hall–Kier alpha value is -4.90. The average molecular weight is 650 g/mol. The molecule has 4 nitrogen and oxygen atoms in total. The van der Waals surface area contributed by atoms with Crippen molar-refractivity contribution in [2.75, 3.05) is 14.7 Å². The van der Waals surface area contributed by atoms with Crippen molar-refractivity contribution < 1.29 is 4.42 Å². The van der Waals surface area contributed by atoms with E-state index in [1.165, 1.54) is 94.6 Å². The molecule has 4 bridgehead atoms. The molecule has 1 aromatic heterocycles. The highest BCUT2D eigenvalue weighted by molar-refractivity contribution is 7.00. The van der Waals surface area contributed by atoms with Gasteiger partial charge in [-0.1, -0.05) is 60.7 Å². The second-order valence-electron chi connectivity index (χ2n) is 16.8. The second kappa shape index (κ2) is 9.45. The zero-order chi connectivity index (χ0) is 32.9. The molecule has 4 fully saturated rings. The van der Waals surface area contributed by atoms with Gasteiger partial charge in [0.1, 0.15) is 11.2 Å². The molecule has 6 aromatic rings. The molecule has 4 heterocycles. The Balaban J connectivity index is 1.20. The first kappa shape index (κ1) is 27.9. The Morgan fingerprint density at radius 2 is 1.26 bits per heavy atom. The van der Waals surface area contributed by atoms with Crippen molar-refractivity contribution >= 4 is 74.1 Å². The molecule has 5 heteroatoms. The molecule has 4 saturated carbocycles. The maximum absolute atomic E-state index is 7.06. The van der Waals surface area contributed by atoms with Crippen molar-refractivity contribution in [1.82, 2.24) is 0 Å². The molecule has 50 heavy (non-hydrogen) atoms. The van der Waals surface area contributed by atoms with Gasteiger partial charge in [0, 0.05) is 28.1 Å². The van der Waals surface area contributed by atoms with Crippen LogP contribution in [0.15, 0.2) is 120 Å². The SMILES string of the molecule is CC1(C)N(c2ccccc2)c2cccc3c2N1c1cc(C24CC5CC(CC(C5)C2)C4)cc2c1B3c1oc3ccccc3c1N2c1ccccc1. The van der Waals surface area contributed by atoms with Gasteiger partial charge in [-0.3, -0.25) is 0 Å². The lowest BCUT2D eigenvalue weighted by molar-refractivity contribution is -0.00515. The fraction of sp³-hybridized carbons (Fsp3) is 0.289. The van der Waals surface area contributed by atoms with Crippen LogP contribution in [0.25, 0.3) is 11.0 Å². The minimum atomic E-state index is -0.343. The van der Waals surface area contributed by atoms with Crippen molar-refractivity contribution in [3.05, 3.63) is 121 Å². The summed E-state index contributed by atoms with van der Waals surface area (Å²) >= 11 is 0. The van der Waals surface area contributed by atoms with Gasteiger partial charge in [-0.05, 0) is 147 Å². The molecule has 0 atom stereocenters. The van der Waals surface area contributed by atoms with E-state index in [9.17, 15) is 0 Å². The molecule has 4 aliphatic carbocycles. The lowest BCUT2D eigenvalue weighted by atomic mass is 9.35. The molecule has 0 radical (unpaired) electrons. The Kier molecular flexibility index (Phi) is 5.27. The number of benzene rings is 5. The van der Waals surface area contributed by atoms with E-state index in [0.717, 1.165) is 29.0 Å². The third kappa shape index (κ3) is 3.44. The van der Waals surface area contributed by atoms with Crippen LogP contribution in [0.3, 0.4) is 0 Å². The topological polar surface area (TPSA) is 22.9 Å². The number of hydrogen-bond acceptors (Lipinski definition) is 4. The Bertz CT molecular complexity index is 2340. The van der Waals surface area contributed by atoms with Gasteiger partial charge in [0.15, 0.2) is 0 Å². The molecule has 0 spiro atoms. The van der Waals surface area contributed by atoms with E-state index < -0.39 is 0 Å². The first-order chi connectivity index (χ1) is 24.5. The Morgan fingerprint density at radius 3 is 1.98 bits per heavy atom. The molecule has 13 rings (SSSR count). The molecule has 0 amide bonds. The van der Waals surface area contributed by atoms with Crippen molar-refractivity contribution in [3.63, 3.8) is 0 Å². The number of nitrogens with zero attached hydrogens (tertiary/aromatic N) is 3. The fourth-order valence-electron chi connectivity index (χ4n) is 12.3. The van der Waals surface area contributed by atoms with Gasteiger partial charge >= 0.3 is 0 Å². The van der Waals surface area contributed by atoms with Gasteiger partial charge < -0.3 is 19.1 Å². The van der Waals surface area contributed by atoms with Crippen LogP contribution < -0.4 is 31.3 Å². The van der Waals surface area contributed by atoms with E-state index in [-0.39, 0.29) is 17.8 Å². The van der Waals surface area contributed by atoms with Crippen molar-refractivity contribution in [3.8, 4) is 0 Å². The highest BCUT2D eigenvalue weighted by Crippen LogP contribution is 2.62. The molecule has 244 valence electrons. The molecule has 3 aliphatic heterocycles. The quantitative estimate of drug-likeness (QED) is 0.178. The average Bonchev–Trinajstić information content (AvgIpc) is 3.62. The van der Waals surface area contributed by atoms with E-state index in [1.54, 1.807) is 5.56 Å². The van der Waals surface area contributed by atoms with Crippen LogP contribution in [0.2, 0.25) is 0 Å². The summed E-state index contributed by atoms with van der Waals surface area (Å²) in [6, 6.07) is 43.0. The van der Waals surface area contributed by atoms with Crippen LogP contribution in [0.1, 0.15) is 57.9 Å². The highest BCUT2D eigenvalue weighted by Gasteiger charge is 2.56. The van der Waals surface area contributed by atoms with Crippen LogP contribution in [-0.4, -0.2) is 12.4 Å². The summed E-state index contributed by atoms with van der Waals surface area (Å²) < 4.78 is 7.06. The molecule has 7 aliphatic rings. The lowest BCUT2D eigenvalue weighted by Gasteiger charge is -2.57. The van der Waals surface area contributed by atoms with Gasteiger partial charge in [-0.15, -0.1) is 0 Å². The molecular formula is C45H40BN3O. The first-order valence-electron chi connectivity index (χ1n) is 18.8. The van der Waals surface area contributed by atoms with Crippen molar-refractivity contribution in [2.24, 2.45) is 17.8 Å². The number of anilines is 7. The van der Waals surface area contributed by atoms with Gasteiger partial charge in [0.05, 0.1) is 22.7 Å². The standard InChI is InChI=1S/C45H40BN3O/c1-44(2)48(33-14-7-4-8-15-33)36-18-11-17-35-42(36)49(44)38-24-31(45-25-28-20-29(26-45)22-30(21-28)27-45)23-37-40(38)46(35)43-41(34-16-9-10-19-39(34)50-43)47(37)32-12-5-3-6-13-32/h3-19,23-24,28-30H,20-22,25-27H2,1-2H3. The highest BCUT2D eigenvalue weighted by atomic mass is 16.3. The summed E-state index contributed by atoms with van der Waals surface area (Å²) in [5.74, 6) is 2.63. The van der Waals surface area contributed by atoms with E-state index in [0.29, 0.717) is 0 Å². The van der Waals surface area contributed by atoms with Crippen molar-refractivity contribution in [1.29, 1.82) is 0 Å². The van der Waals surface area contributed by atoms with E-state index in [1.807, 2.05) is 0 Å². The minimum Gasteiger partial charge on any atom is -0.468 e. The molecular weight excluding hydrogens is 609 g/mol. The number of rotatable bonds is 3. The molecule has 0 N–H and O–H groups in total. The van der Waals surface area contributed by atoms with Gasteiger partial charge in [-0.2, -0.15) is 0 Å². The molecule has 0 unspecified atom stereocenters. The molecule has 5 aromatic carbocycles. The smallest absolute Gasteiger partial charge is 0.297 e. The van der Waals surface area contributed by atoms with Crippen LogP contribution in [0.5, 0.6) is 0 Å². The predicted octanol–water partition coefficient (Wildman–Crippen LogP) is 9.54. The van der Waals surface area contributed by atoms with Crippen LogP contribution in [0.4, 0.5) is 39.8 Å². The second-order valence-corrected chi connectivity index (χ2v) is 16.8. The number of hydrogen-bond donors (Lipinski definition) is 0. The summed E-state index contributed by atoms with van der Waals surface area (Å²) in [5, 5.41) is 1.18. The third-order valence-electron chi connectivity index (χ3n) is 13.6. The lowest BCUT2D eigenvalue weighted by Crippen LogP contribution is -2.63.